The highest BCUT2D eigenvalue weighted by Gasteiger charge is 2.13. The van der Waals surface area contributed by atoms with Crippen molar-refractivity contribution in [2.45, 2.75) is 26.5 Å². The number of aliphatic carboxylic acids is 1. The van der Waals surface area contributed by atoms with Gasteiger partial charge in [0.15, 0.2) is 11.5 Å². The molecule has 0 saturated carbocycles. The van der Waals surface area contributed by atoms with Crippen LogP contribution < -0.4 is 9.47 Å². The number of methoxy groups -OCH3 is 1. The highest BCUT2D eigenvalue weighted by atomic mass is 19.3. The molecule has 118 valence electrons. The summed E-state index contributed by atoms with van der Waals surface area (Å²) in [6.45, 7) is 0.478. The number of benzene rings is 1. The van der Waals surface area contributed by atoms with E-state index in [1.54, 1.807) is 12.1 Å². The maximum Gasteiger partial charge on any atom is 0.387 e. The van der Waals surface area contributed by atoms with Crippen molar-refractivity contribution in [3.63, 3.8) is 0 Å². The van der Waals surface area contributed by atoms with Gasteiger partial charge in [-0.3, -0.25) is 9.69 Å². The van der Waals surface area contributed by atoms with Gasteiger partial charge in [-0.05, 0) is 24.2 Å². The molecule has 0 bridgehead atoms. The van der Waals surface area contributed by atoms with Gasteiger partial charge in [-0.15, -0.1) is 0 Å². The quantitative estimate of drug-likeness (QED) is 0.760. The van der Waals surface area contributed by atoms with Gasteiger partial charge in [0.1, 0.15) is 0 Å². The fourth-order valence-electron chi connectivity index (χ4n) is 1.87. The first-order chi connectivity index (χ1) is 9.96. The van der Waals surface area contributed by atoms with E-state index in [1.165, 1.54) is 13.2 Å². The largest absolute Gasteiger partial charge is 0.493 e. The minimum Gasteiger partial charge on any atom is -0.493 e. The average molecular weight is 303 g/mol. The molecule has 1 rings (SSSR count). The van der Waals surface area contributed by atoms with Crippen molar-refractivity contribution in [2.24, 2.45) is 0 Å². The summed E-state index contributed by atoms with van der Waals surface area (Å²) in [5.74, 6) is -0.670. The molecule has 0 fully saturated rings. The van der Waals surface area contributed by atoms with Gasteiger partial charge in [0.25, 0.3) is 0 Å². The second-order valence-electron chi connectivity index (χ2n) is 4.38. The van der Waals surface area contributed by atoms with Crippen LogP contribution in [0.1, 0.15) is 18.9 Å². The molecule has 0 aromatic heterocycles. The van der Waals surface area contributed by atoms with E-state index in [0.29, 0.717) is 19.6 Å². The molecule has 0 unspecified atom stereocenters. The maximum absolute atomic E-state index is 12.4. The van der Waals surface area contributed by atoms with E-state index in [2.05, 4.69) is 4.74 Å². The van der Waals surface area contributed by atoms with Crippen LogP contribution in [0.2, 0.25) is 0 Å². The lowest BCUT2D eigenvalue weighted by Gasteiger charge is -2.20. The fraction of sp³-hybridized carbons (Fsp3) is 0.500. The molecule has 5 nitrogen and oxygen atoms in total. The highest BCUT2D eigenvalue weighted by molar-refractivity contribution is 5.66. The summed E-state index contributed by atoms with van der Waals surface area (Å²) >= 11 is 0. The molecular weight excluding hydrogens is 284 g/mol. The molecule has 21 heavy (non-hydrogen) atoms. The van der Waals surface area contributed by atoms with E-state index in [4.69, 9.17) is 9.84 Å². The number of nitrogens with zero attached hydrogens (tertiary/aromatic N) is 1. The van der Waals surface area contributed by atoms with E-state index in [-0.39, 0.29) is 17.9 Å². The molecule has 0 heterocycles. The van der Waals surface area contributed by atoms with E-state index < -0.39 is 12.6 Å². The monoisotopic (exact) mass is 303 g/mol. The van der Waals surface area contributed by atoms with Crippen molar-refractivity contribution < 1.29 is 28.2 Å². The van der Waals surface area contributed by atoms with Crippen molar-refractivity contribution in [1.29, 1.82) is 0 Å². The van der Waals surface area contributed by atoms with Crippen LogP contribution in [0.4, 0.5) is 8.78 Å². The first kappa shape index (κ1) is 17.2. The van der Waals surface area contributed by atoms with Gasteiger partial charge in [0.2, 0.25) is 0 Å². The standard InChI is InChI=1S/C14H19F2NO4/c1-3-17(7-6-13(18)19)9-10-4-5-11(20-2)12(8-10)21-14(15)16/h4-5,8,14H,3,6-7,9H2,1-2H3,(H,18,19). The molecule has 0 saturated heterocycles. The molecule has 1 aromatic carbocycles. The number of halogens is 2. The Balaban J connectivity index is 2.79. The number of hydrogen-bond donors (Lipinski definition) is 1. The highest BCUT2D eigenvalue weighted by Crippen LogP contribution is 2.29. The van der Waals surface area contributed by atoms with Crippen molar-refractivity contribution in [3.8, 4) is 11.5 Å². The Labute approximate surface area is 122 Å². The Morgan fingerprint density at radius 1 is 1.38 bits per heavy atom. The Morgan fingerprint density at radius 2 is 2.10 bits per heavy atom. The van der Waals surface area contributed by atoms with Crippen LogP contribution in [0.25, 0.3) is 0 Å². The third-order valence-corrected chi connectivity index (χ3v) is 2.94. The van der Waals surface area contributed by atoms with Crippen molar-refractivity contribution in [3.05, 3.63) is 23.8 Å². The fourth-order valence-corrected chi connectivity index (χ4v) is 1.87. The molecule has 7 heteroatoms. The summed E-state index contributed by atoms with van der Waals surface area (Å²) < 4.78 is 34.1. The van der Waals surface area contributed by atoms with Gasteiger partial charge in [-0.2, -0.15) is 8.78 Å². The molecule has 0 radical (unpaired) electrons. The van der Waals surface area contributed by atoms with Crippen LogP contribution in [0, 0.1) is 0 Å². The molecule has 0 amide bonds. The molecule has 0 spiro atoms. The summed E-state index contributed by atoms with van der Waals surface area (Å²) in [5, 5.41) is 8.69. The van der Waals surface area contributed by atoms with Crippen LogP contribution >= 0.6 is 0 Å². The van der Waals surface area contributed by atoms with Gasteiger partial charge in [-0.25, -0.2) is 0 Å². The molecule has 0 aliphatic rings. The SMILES string of the molecule is CCN(CCC(=O)O)Cc1ccc(OC)c(OC(F)F)c1. The van der Waals surface area contributed by atoms with Crippen LogP contribution in [0.5, 0.6) is 11.5 Å². The number of alkyl halides is 2. The third kappa shape index (κ3) is 5.95. The van der Waals surface area contributed by atoms with Crippen LogP contribution in [0.3, 0.4) is 0 Å². The van der Waals surface area contributed by atoms with Crippen molar-refractivity contribution in [2.75, 3.05) is 20.2 Å². The molecule has 1 aromatic rings. The predicted octanol–water partition coefficient (Wildman–Crippen LogP) is 2.59. The zero-order chi connectivity index (χ0) is 15.8. The van der Waals surface area contributed by atoms with Crippen LogP contribution in [-0.2, 0) is 11.3 Å². The topological polar surface area (TPSA) is 59.0 Å². The zero-order valence-electron chi connectivity index (χ0n) is 12.0. The third-order valence-electron chi connectivity index (χ3n) is 2.94. The summed E-state index contributed by atoms with van der Waals surface area (Å²) in [5.41, 5.74) is 0.749. The number of rotatable bonds is 9. The van der Waals surface area contributed by atoms with Crippen molar-refractivity contribution >= 4 is 5.97 Å². The van der Waals surface area contributed by atoms with E-state index >= 15 is 0 Å². The van der Waals surface area contributed by atoms with Gasteiger partial charge in [0.05, 0.1) is 13.5 Å². The number of ether oxygens (including phenoxy) is 2. The van der Waals surface area contributed by atoms with Gasteiger partial charge >= 0.3 is 12.6 Å². The molecule has 0 aliphatic heterocycles. The smallest absolute Gasteiger partial charge is 0.387 e. The van der Waals surface area contributed by atoms with Crippen LogP contribution in [0.15, 0.2) is 18.2 Å². The summed E-state index contributed by atoms with van der Waals surface area (Å²) in [7, 11) is 1.37. The Hall–Kier alpha value is -1.89. The molecule has 1 N–H and O–H groups in total. The average Bonchev–Trinajstić information content (AvgIpc) is 2.42. The minimum atomic E-state index is -2.93. The van der Waals surface area contributed by atoms with Crippen molar-refractivity contribution in [1.82, 2.24) is 4.90 Å². The number of hydrogen-bond acceptors (Lipinski definition) is 4. The van der Waals surface area contributed by atoms with E-state index in [0.717, 1.165) is 5.56 Å². The van der Waals surface area contributed by atoms with Gasteiger partial charge in [-0.1, -0.05) is 13.0 Å². The first-order valence-electron chi connectivity index (χ1n) is 6.52. The molecule has 0 aliphatic carbocycles. The first-order valence-corrected chi connectivity index (χ1v) is 6.52. The van der Waals surface area contributed by atoms with Gasteiger partial charge < -0.3 is 14.6 Å². The summed E-state index contributed by atoms with van der Waals surface area (Å²) in [6, 6.07) is 4.77. The molecular formula is C14H19F2NO4. The number of carbonyl (C=O) groups is 1. The number of carboxylic acid groups (broad SMARTS) is 1. The summed E-state index contributed by atoms with van der Waals surface area (Å²) in [6.07, 6.45) is 0.0321. The molecule has 0 atom stereocenters. The lowest BCUT2D eigenvalue weighted by atomic mass is 10.2. The maximum atomic E-state index is 12.4. The van der Waals surface area contributed by atoms with E-state index in [9.17, 15) is 13.6 Å². The lowest BCUT2D eigenvalue weighted by Crippen LogP contribution is -2.25. The Kier molecular flexibility index (Phi) is 6.87. The van der Waals surface area contributed by atoms with Crippen LogP contribution in [-0.4, -0.2) is 42.8 Å². The lowest BCUT2D eigenvalue weighted by molar-refractivity contribution is -0.137. The van der Waals surface area contributed by atoms with E-state index in [1.807, 2.05) is 11.8 Å². The Morgan fingerprint density at radius 3 is 2.62 bits per heavy atom. The normalized spacial score (nSPS) is 11.0. The second-order valence-corrected chi connectivity index (χ2v) is 4.38. The zero-order valence-corrected chi connectivity index (χ0v) is 12.0. The second kappa shape index (κ2) is 8.41. The predicted molar refractivity (Wildman–Crippen MR) is 72.8 cm³/mol. The Bertz CT molecular complexity index is 468. The minimum absolute atomic E-state index is 0.0284. The van der Waals surface area contributed by atoms with Gasteiger partial charge in [0, 0.05) is 13.1 Å². The number of carboxylic acids is 1. The summed E-state index contributed by atoms with van der Waals surface area (Å²) in [4.78, 5) is 12.5.